The molecule has 0 spiro atoms. The number of sulfone groups is 1. The maximum absolute atomic E-state index is 12.0. The van der Waals surface area contributed by atoms with E-state index in [9.17, 15) is 18.5 Å². The number of nitro groups is 1. The summed E-state index contributed by atoms with van der Waals surface area (Å²) in [7, 11) is -3.92. The SMILES string of the molecule is CC(Cl)(CCl)S(=O)(=O)c1cccc([N+](=O)[O-])c1. The second kappa shape index (κ2) is 4.80. The molecule has 0 aliphatic heterocycles. The van der Waals surface area contributed by atoms with Gasteiger partial charge in [0.05, 0.1) is 15.7 Å². The highest BCUT2D eigenvalue weighted by Gasteiger charge is 2.38. The third kappa shape index (κ3) is 2.70. The molecule has 17 heavy (non-hydrogen) atoms. The van der Waals surface area contributed by atoms with Gasteiger partial charge in [0, 0.05) is 12.1 Å². The Labute approximate surface area is 108 Å². The Morgan fingerprint density at radius 3 is 2.53 bits per heavy atom. The molecule has 0 radical (unpaired) electrons. The second-order valence-electron chi connectivity index (χ2n) is 3.49. The number of alkyl halides is 2. The molecule has 0 fully saturated rings. The van der Waals surface area contributed by atoms with Gasteiger partial charge < -0.3 is 0 Å². The van der Waals surface area contributed by atoms with E-state index in [0.717, 1.165) is 6.07 Å². The van der Waals surface area contributed by atoms with Crippen LogP contribution in [0.4, 0.5) is 5.69 Å². The van der Waals surface area contributed by atoms with Crippen LogP contribution in [0.5, 0.6) is 0 Å². The van der Waals surface area contributed by atoms with Crippen molar-refractivity contribution in [2.45, 2.75) is 16.0 Å². The Balaban J connectivity index is 3.35. The average molecular weight is 298 g/mol. The van der Waals surface area contributed by atoms with Crippen molar-refractivity contribution in [3.8, 4) is 0 Å². The van der Waals surface area contributed by atoms with Gasteiger partial charge in [-0.2, -0.15) is 0 Å². The summed E-state index contributed by atoms with van der Waals surface area (Å²) in [4.78, 5) is 9.66. The number of hydrogen-bond donors (Lipinski definition) is 0. The van der Waals surface area contributed by atoms with Crippen LogP contribution in [-0.4, -0.2) is 23.4 Å². The first kappa shape index (κ1) is 14.2. The average Bonchev–Trinajstić information content (AvgIpc) is 2.28. The lowest BCUT2D eigenvalue weighted by Gasteiger charge is -2.19. The maximum atomic E-state index is 12.0. The summed E-state index contributed by atoms with van der Waals surface area (Å²) in [5, 5.41) is 10.6. The zero-order valence-corrected chi connectivity index (χ0v) is 11.1. The summed E-state index contributed by atoms with van der Waals surface area (Å²) in [5.41, 5.74) is -0.312. The van der Waals surface area contributed by atoms with Crippen molar-refractivity contribution in [1.29, 1.82) is 0 Å². The van der Waals surface area contributed by atoms with Crippen LogP contribution in [-0.2, 0) is 9.84 Å². The Kier molecular flexibility index (Phi) is 4.01. The zero-order valence-electron chi connectivity index (χ0n) is 8.76. The van der Waals surface area contributed by atoms with E-state index in [2.05, 4.69) is 0 Å². The summed E-state index contributed by atoms with van der Waals surface area (Å²) in [5.74, 6) is -0.320. The van der Waals surface area contributed by atoms with E-state index in [1.807, 2.05) is 0 Å². The lowest BCUT2D eigenvalue weighted by atomic mass is 10.3. The highest BCUT2D eigenvalue weighted by Crippen LogP contribution is 2.31. The van der Waals surface area contributed by atoms with Crippen LogP contribution >= 0.6 is 23.2 Å². The summed E-state index contributed by atoms with van der Waals surface area (Å²) >= 11 is 11.3. The van der Waals surface area contributed by atoms with E-state index in [-0.39, 0.29) is 16.5 Å². The highest BCUT2D eigenvalue weighted by molar-refractivity contribution is 7.94. The van der Waals surface area contributed by atoms with E-state index < -0.39 is 19.0 Å². The summed E-state index contributed by atoms with van der Waals surface area (Å²) < 4.78 is 22.4. The predicted octanol–water partition coefficient (Wildman–Crippen LogP) is 2.56. The standard InChI is InChI=1S/C9H9Cl2NO4S/c1-9(11,6-10)17(15,16)8-4-2-3-7(5-8)12(13)14/h2-5H,6H2,1H3. The first-order chi connectivity index (χ1) is 7.72. The first-order valence-corrected chi connectivity index (χ1v) is 6.86. The van der Waals surface area contributed by atoms with E-state index in [4.69, 9.17) is 23.2 Å². The normalized spacial score (nSPS) is 15.2. The fourth-order valence-electron chi connectivity index (χ4n) is 1.08. The largest absolute Gasteiger partial charge is 0.270 e. The van der Waals surface area contributed by atoms with Crippen LogP contribution in [0.1, 0.15) is 6.92 Å². The van der Waals surface area contributed by atoms with E-state index in [1.54, 1.807) is 0 Å². The molecule has 8 heteroatoms. The van der Waals surface area contributed by atoms with Gasteiger partial charge in [0.25, 0.3) is 5.69 Å². The van der Waals surface area contributed by atoms with Crippen LogP contribution in [0.25, 0.3) is 0 Å². The fourth-order valence-corrected chi connectivity index (χ4v) is 2.95. The van der Waals surface area contributed by atoms with E-state index in [0.29, 0.717) is 0 Å². The number of nitrogens with zero attached hydrogens (tertiary/aromatic N) is 1. The molecular weight excluding hydrogens is 289 g/mol. The zero-order chi connectivity index (χ0) is 13.3. The van der Waals surface area contributed by atoms with Gasteiger partial charge in [-0.1, -0.05) is 6.07 Å². The number of benzene rings is 1. The maximum Gasteiger partial charge on any atom is 0.270 e. The molecule has 1 atom stereocenters. The molecule has 0 saturated carbocycles. The molecule has 1 unspecified atom stereocenters. The van der Waals surface area contributed by atoms with Crippen LogP contribution in [0, 0.1) is 10.1 Å². The minimum Gasteiger partial charge on any atom is -0.258 e. The Morgan fingerprint density at radius 2 is 2.06 bits per heavy atom. The molecule has 1 aromatic carbocycles. The quantitative estimate of drug-likeness (QED) is 0.486. The van der Waals surface area contributed by atoms with Crippen molar-refractivity contribution in [3.63, 3.8) is 0 Å². The molecule has 1 aromatic rings. The van der Waals surface area contributed by atoms with Gasteiger partial charge in [0.2, 0.25) is 0 Å². The fraction of sp³-hybridized carbons (Fsp3) is 0.333. The lowest BCUT2D eigenvalue weighted by molar-refractivity contribution is -0.385. The van der Waals surface area contributed by atoms with Crippen molar-refractivity contribution in [2.24, 2.45) is 0 Å². The predicted molar refractivity (Wildman–Crippen MR) is 65.3 cm³/mol. The molecule has 94 valence electrons. The van der Waals surface area contributed by atoms with Crippen molar-refractivity contribution in [3.05, 3.63) is 34.4 Å². The van der Waals surface area contributed by atoms with Crippen LogP contribution in [0.3, 0.4) is 0 Å². The number of non-ortho nitro benzene ring substituents is 1. The molecule has 0 saturated heterocycles. The van der Waals surface area contributed by atoms with E-state index in [1.165, 1.54) is 25.1 Å². The third-order valence-corrected chi connectivity index (χ3v) is 5.85. The van der Waals surface area contributed by atoms with Crippen molar-refractivity contribution in [1.82, 2.24) is 0 Å². The monoisotopic (exact) mass is 297 g/mol. The molecular formula is C9H9Cl2NO4S. The minimum absolute atomic E-state index is 0.218. The third-order valence-electron chi connectivity index (χ3n) is 2.14. The molecule has 0 aliphatic rings. The number of hydrogen-bond acceptors (Lipinski definition) is 4. The van der Waals surface area contributed by atoms with Crippen molar-refractivity contribution in [2.75, 3.05) is 5.88 Å². The molecule has 0 bridgehead atoms. The second-order valence-corrected chi connectivity index (χ2v) is 7.20. The van der Waals surface area contributed by atoms with Gasteiger partial charge >= 0.3 is 0 Å². The Morgan fingerprint density at radius 1 is 1.47 bits per heavy atom. The minimum atomic E-state index is -3.92. The summed E-state index contributed by atoms with van der Waals surface area (Å²) in [6, 6.07) is 4.69. The van der Waals surface area contributed by atoms with Crippen LogP contribution in [0.2, 0.25) is 0 Å². The van der Waals surface area contributed by atoms with Crippen LogP contribution in [0.15, 0.2) is 29.2 Å². The topological polar surface area (TPSA) is 77.3 Å². The molecule has 1 rings (SSSR count). The molecule has 0 N–H and O–H groups in total. The highest BCUT2D eigenvalue weighted by atomic mass is 35.5. The van der Waals surface area contributed by atoms with Gasteiger partial charge in [0.15, 0.2) is 14.0 Å². The number of halogens is 2. The lowest BCUT2D eigenvalue weighted by Crippen LogP contribution is -2.31. The van der Waals surface area contributed by atoms with Crippen LogP contribution < -0.4 is 0 Å². The molecule has 0 aromatic heterocycles. The summed E-state index contributed by atoms with van der Waals surface area (Å²) in [6.45, 7) is 1.25. The Bertz CT molecular complexity index is 542. The molecule has 0 aliphatic carbocycles. The van der Waals surface area contributed by atoms with Gasteiger partial charge in [-0.3, -0.25) is 10.1 Å². The van der Waals surface area contributed by atoms with E-state index >= 15 is 0 Å². The van der Waals surface area contributed by atoms with Gasteiger partial charge in [-0.05, 0) is 13.0 Å². The van der Waals surface area contributed by atoms with Gasteiger partial charge in [-0.15, -0.1) is 23.2 Å². The Hall–Kier alpha value is -0.850. The van der Waals surface area contributed by atoms with Gasteiger partial charge in [0.1, 0.15) is 0 Å². The van der Waals surface area contributed by atoms with Gasteiger partial charge in [-0.25, -0.2) is 8.42 Å². The molecule has 0 amide bonds. The number of nitro benzene ring substituents is 1. The molecule has 0 heterocycles. The molecule has 5 nitrogen and oxygen atoms in total. The first-order valence-electron chi connectivity index (χ1n) is 4.46. The van der Waals surface area contributed by atoms with Crippen molar-refractivity contribution < 1.29 is 13.3 Å². The number of rotatable bonds is 4. The smallest absolute Gasteiger partial charge is 0.258 e. The van der Waals surface area contributed by atoms with Crippen molar-refractivity contribution >= 4 is 38.7 Å². The summed E-state index contributed by atoms with van der Waals surface area (Å²) in [6.07, 6.45) is 0.